The van der Waals surface area contributed by atoms with Gasteiger partial charge in [-0.15, -0.1) is 11.3 Å². The average Bonchev–Trinajstić information content (AvgIpc) is 3.42. The van der Waals surface area contributed by atoms with Gasteiger partial charge in [-0.2, -0.15) is 9.36 Å². The number of hydrogen-bond donors (Lipinski definition) is 1. The fourth-order valence-electron chi connectivity index (χ4n) is 3.44. The monoisotopic (exact) mass is 439 g/mol. The molecule has 6 nitrogen and oxygen atoms in total. The summed E-state index contributed by atoms with van der Waals surface area (Å²) < 4.78 is 4.33. The Morgan fingerprint density at radius 3 is 2.90 bits per heavy atom. The summed E-state index contributed by atoms with van der Waals surface area (Å²) in [6.45, 7) is 1.90. The van der Waals surface area contributed by atoms with Gasteiger partial charge < -0.3 is 0 Å². The van der Waals surface area contributed by atoms with Gasteiger partial charge in [0, 0.05) is 27.4 Å². The lowest BCUT2D eigenvalue weighted by Crippen LogP contribution is -2.14. The van der Waals surface area contributed by atoms with Crippen molar-refractivity contribution in [2.45, 2.75) is 31.2 Å². The van der Waals surface area contributed by atoms with E-state index in [1.54, 1.807) is 11.3 Å². The van der Waals surface area contributed by atoms with E-state index in [4.69, 9.17) is 0 Å². The number of carbonyl (C=O) groups is 1. The second-order valence-corrected chi connectivity index (χ2v) is 9.54. The molecule has 0 radical (unpaired) electrons. The summed E-state index contributed by atoms with van der Waals surface area (Å²) in [5, 5.41) is 5.42. The number of aryl methyl sites for hydroxylation is 3. The smallest absolute Gasteiger partial charge is 0.236 e. The van der Waals surface area contributed by atoms with E-state index in [1.807, 2.05) is 37.3 Å². The first kappa shape index (κ1) is 18.7. The van der Waals surface area contributed by atoms with Crippen LogP contribution in [-0.4, -0.2) is 31.0 Å². The van der Waals surface area contributed by atoms with E-state index in [9.17, 15) is 4.79 Å². The summed E-state index contributed by atoms with van der Waals surface area (Å²) in [5.41, 5.74) is 2.31. The van der Waals surface area contributed by atoms with Crippen LogP contribution in [0.2, 0.25) is 0 Å². The largest absolute Gasteiger partial charge is 0.300 e. The molecule has 146 valence electrons. The van der Waals surface area contributed by atoms with Crippen LogP contribution in [-0.2, 0) is 17.6 Å². The first-order chi connectivity index (χ1) is 14.2. The standard InChI is InChI=1S/C20H17N5OS3/c1-11-21-18(16-13-8-5-9-14(13)28-19(16)22-11)27-10-15(26)23-20-24-17(25-29-20)12-6-3-2-4-7-12/h2-4,6-7H,5,8-10H2,1H3,(H,23,24,25,26). The maximum Gasteiger partial charge on any atom is 0.236 e. The third-order valence-electron chi connectivity index (χ3n) is 4.69. The molecule has 9 heteroatoms. The second-order valence-electron chi connectivity index (χ2n) is 6.74. The fourth-order valence-corrected chi connectivity index (χ4v) is 6.31. The minimum absolute atomic E-state index is 0.109. The van der Waals surface area contributed by atoms with Gasteiger partial charge in [-0.3, -0.25) is 10.1 Å². The number of nitrogens with one attached hydrogen (secondary N) is 1. The van der Waals surface area contributed by atoms with Crippen LogP contribution >= 0.6 is 34.6 Å². The van der Waals surface area contributed by atoms with Crippen molar-refractivity contribution >= 4 is 55.9 Å². The number of benzene rings is 1. The van der Waals surface area contributed by atoms with Crippen molar-refractivity contribution in [1.82, 2.24) is 19.3 Å². The SMILES string of the molecule is Cc1nc(SCC(=O)Nc2nc(-c3ccccc3)ns2)c2c3c(sc2n1)CCC3. The molecule has 3 aromatic heterocycles. The number of aromatic nitrogens is 4. The highest BCUT2D eigenvalue weighted by atomic mass is 32.2. The second kappa shape index (κ2) is 7.81. The highest BCUT2D eigenvalue weighted by Gasteiger charge is 2.22. The Labute approximate surface area is 180 Å². The zero-order valence-electron chi connectivity index (χ0n) is 15.6. The predicted molar refractivity (Wildman–Crippen MR) is 119 cm³/mol. The maximum atomic E-state index is 12.5. The number of carbonyl (C=O) groups excluding carboxylic acids is 1. The van der Waals surface area contributed by atoms with Gasteiger partial charge in [0.1, 0.15) is 15.7 Å². The number of nitrogens with zero attached hydrogens (tertiary/aromatic N) is 4. The molecule has 0 aliphatic heterocycles. The molecule has 0 unspecified atom stereocenters. The van der Waals surface area contributed by atoms with Gasteiger partial charge in [0.05, 0.1) is 5.75 Å². The fraction of sp³-hybridized carbons (Fsp3) is 0.250. The van der Waals surface area contributed by atoms with E-state index in [-0.39, 0.29) is 11.7 Å². The van der Waals surface area contributed by atoms with Gasteiger partial charge in [-0.1, -0.05) is 42.1 Å². The van der Waals surface area contributed by atoms with E-state index in [0.29, 0.717) is 11.0 Å². The van der Waals surface area contributed by atoms with Crippen molar-refractivity contribution in [2.75, 3.05) is 11.1 Å². The summed E-state index contributed by atoms with van der Waals surface area (Å²) in [5.74, 6) is 1.54. The minimum Gasteiger partial charge on any atom is -0.300 e. The van der Waals surface area contributed by atoms with Crippen molar-refractivity contribution in [3.8, 4) is 11.4 Å². The Hall–Kier alpha value is -2.36. The Bertz CT molecular complexity index is 1200. The quantitative estimate of drug-likeness (QED) is 0.357. The van der Waals surface area contributed by atoms with Crippen LogP contribution in [0.5, 0.6) is 0 Å². The molecular weight excluding hydrogens is 422 g/mol. The molecule has 0 atom stereocenters. The first-order valence-electron chi connectivity index (χ1n) is 9.28. The number of fused-ring (bicyclic) bond motifs is 3. The lowest BCUT2D eigenvalue weighted by atomic mass is 10.2. The number of hydrogen-bond acceptors (Lipinski definition) is 8. The number of amides is 1. The zero-order valence-corrected chi connectivity index (χ0v) is 18.1. The van der Waals surface area contributed by atoms with Crippen molar-refractivity contribution in [1.29, 1.82) is 0 Å². The van der Waals surface area contributed by atoms with Gasteiger partial charge in [-0.25, -0.2) is 9.97 Å². The van der Waals surface area contributed by atoms with E-state index in [2.05, 4.69) is 24.6 Å². The number of anilines is 1. The molecule has 1 aliphatic carbocycles. The van der Waals surface area contributed by atoms with Crippen LogP contribution in [0.4, 0.5) is 5.13 Å². The summed E-state index contributed by atoms with van der Waals surface area (Å²) >= 11 is 4.43. The molecule has 1 N–H and O–H groups in total. The molecule has 1 amide bonds. The Kier molecular flexibility index (Phi) is 5.03. The number of rotatable bonds is 5. The average molecular weight is 440 g/mol. The molecule has 0 saturated heterocycles. The van der Waals surface area contributed by atoms with E-state index in [1.165, 1.54) is 40.2 Å². The van der Waals surface area contributed by atoms with Crippen LogP contribution in [0.15, 0.2) is 35.4 Å². The van der Waals surface area contributed by atoms with Gasteiger partial charge >= 0.3 is 0 Å². The van der Waals surface area contributed by atoms with Crippen LogP contribution in [0.3, 0.4) is 0 Å². The van der Waals surface area contributed by atoms with Crippen molar-refractivity contribution in [3.05, 3.63) is 46.6 Å². The lowest BCUT2D eigenvalue weighted by Gasteiger charge is -2.05. The van der Waals surface area contributed by atoms with E-state index in [0.717, 1.165) is 39.5 Å². The van der Waals surface area contributed by atoms with Gasteiger partial charge in [-0.05, 0) is 31.7 Å². The van der Waals surface area contributed by atoms with Crippen molar-refractivity contribution < 1.29 is 4.79 Å². The summed E-state index contributed by atoms with van der Waals surface area (Å²) in [6, 6.07) is 9.73. The Morgan fingerprint density at radius 1 is 1.17 bits per heavy atom. The summed E-state index contributed by atoms with van der Waals surface area (Å²) in [7, 11) is 0. The first-order valence-corrected chi connectivity index (χ1v) is 11.9. The molecule has 4 aromatic rings. The molecule has 29 heavy (non-hydrogen) atoms. The van der Waals surface area contributed by atoms with Gasteiger partial charge in [0.25, 0.3) is 0 Å². The van der Waals surface area contributed by atoms with Crippen LogP contribution in [0, 0.1) is 6.92 Å². The van der Waals surface area contributed by atoms with Crippen molar-refractivity contribution in [2.24, 2.45) is 0 Å². The third kappa shape index (κ3) is 3.77. The summed E-state index contributed by atoms with van der Waals surface area (Å²) in [4.78, 5) is 28.6. The van der Waals surface area contributed by atoms with Crippen molar-refractivity contribution in [3.63, 3.8) is 0 Å². The number of thioether (sulfide) groups is 1. The molecule has 1 aliphatic rings. The molecule has 0 bridgehead atoms. The zero-order chi connectivity index (χ0) is 19.8. The highest BCUT2D eigenvalue weighted by Crippen LogP contribution is 2.40. The summed E-state index contributed by atoms with van der Waals surface area (Å²) in [6.07, 6.45) is 3.39. The third-order valence-corrected chi connectivity index (χ3v) is 7.48. The maximum absolute atomic E-state index is 12.5. The Balaban J connectivity index is 1.30. The molecule has 0 saturated carbocycles. The molecule has 0 spiro atoms. The lowest BCUT2D eigenvalue weighted by molar-refractivity contribution is -0.113. The minimum atomic E-state index is -0.109. The van der Waals surface area contributed by atoms with Crippen LogP contribution < -0.4 is 5.32 Å². The molecular formula is C20H17N5OS3. The normalized spacial score (nSPS) is 13.0. The van der Waals surface area contributed by atoms with Gasteiger partial charge in [0.15, 0.2) is 5.82 Å². The highest BCUT2D eigenvalue weighted by molar-refractivity contribution is 8.00. The molecule has 1 aromatic carbocycles. The predicted octanol–water partition coefficient (Wildman–Crippen LogP) is 4.74. The molecule has 3 heterocycles. The molecule has 5 rings (SSSR count). The number of thiophene rings is 1. The topological polar surface area (TPSA) is 80.7 Å². The van der Waals surface area contributed by atoms with E-state index < -0.39 is 0 Å². The van der Waals surface area contributed by atoms with Gasteiger partial charge in [0.2, 0.25) is 11.0 Å². The van der Waals surface area contributed by atoms with Crippen LogP contribution in [0.25, 0.3) is 21.6 Å². The van der Waals surface area contributed by atoms with E-state index >= 15 is 0 Å². The molecule has 0 fully saturated rings. The Morgan fingerprint density at radius 2 is 2.03 bits per heavy atom. The van der Waals surface area contributed by atoms with Crippen LogP contribution in [0.1, 0.15) is 22.7 Å².